The van der Waals surface area contributed by atoms with Crippen LogP contribution in [0.25, 0.3) is 0 Å². The molecular formula is C12H15NO4S. The molecule has 0 aliphatic rings. The third kappa shape index (κ3) is 5.17. The molecule has 0 atom stereocenters. The van der Waals surface area contributed by atoms with Crippen molar-refractivity contribution in [3.63, 3.8) is 0 Å². The van der Waals surface area contributed by atoms with E-state index in [9.17, 15) is 8.42 Å². The second-order valence-corrected chi connectivity index (χ2v) is 5.94. The van der Waals surface area contributed by atoms with Crippen LogP contribution in [0.5, 0.6) is 5.75 Å². The van der Waals surface area contributed by atoms with E-state index in [4.69, 9.17) is 14.7 Å². The second-order valence-electron chi connectivity index (χ2n) is 3.63. The molecule has 0 bridgehead atoms. The minimum atomic E-state index is -3.14. The fourth-order valence-corrected chi connectivity index (χ4v) is 2.22. The van der Waals surface area contributed by atoms with Gasteiger partial charge in [-0.05, 0) is 18.2 Å². The zero-order valence-corrected chi connectivity index (χ0v) is 10.9. The first kappa shape index (κ1) is 14.5. The van der Waals surface area contributed by atoms with Crippen molar-refractivity contribution in [3.05, 3.63) is 29.8 Å². The Morgan fingerprint density at radius 1 is 1.28 bits per heavy atom. The first-order valence-electron chi connectivity index (χ1n) is 5.40. The van der Waals surface area contributed by atoms with E-state index < -0.39 is 9.84 Å². The zero-order chi connectivity index (χ0) is 13.4. The molecule has 1 rings (SSSR count). The number of hydrogen-bond donors (Lipinski definition) is 0. The highest BCUT2D eigenvalue weighted by atomic mass is 32.2. The third-order valence-electron chi connectivity index (χ3n) is 2.22. The molecule has 0 unspecified atom stereocenters. The summed E-state index contributed by atoms with van der Waals surface area (Å²) < 4.78 is 33.0. The van der Waals surface area contributed by atoms with Gasteiger partial charge in [-0.2, -0.15) is 5.26 Å². The summed E-state index contributed by atoms with van der Waals surface area (Å²) in [6.07, 6.45) is 0. The number of nitrogens with zero attached hydrogens (tertiary/aromatic N) is 1. The molecule has 98 valence electrons. The van der Waals surface area contributed by atoms with Gasteiger partial charge in [-0.25, -0.2) is 8.42 Å². The highest BCUT2D eigenvalue weighted by Gasteiger charge is 2.10. The van der Waals surface area contributed by atoms with Crippen molar-refractivity contribution < 1.29 is 17.9 Å². The Kier molecular flexibility index (Phi) is 5.62. The Bertz CT molecular complexity index is 519. The third-order valence-corrected chi connectivity index (χ3v) is 3.80. The normalized spacial score (nSPS) is 10.9. The van der Waals surface area contributed by atoms with Crippen LogP contribution in [0, 0.1) is 11.3 Å². The average Bonchev–Trinajstić information content (AvgIpc) is 2.36. The quantitative estimate of drug-likeness (QED) is 0.738. The van der Waals surface area contributed by atoms with Gasteiger partial charge in [0.25, 0.3) is 0 Å². The summed E-state index contributed by atoms with van der Waals surface area (Å²) in [6, 6.07) is 8.58. The standard InChI is InChI=1S/C12H15NO4S/c1-16-5-7-18(14,15)8-6-17-12-4-2-3-11(9-12)10-13/h2-4,9H,5-8H2,1H3. The minimum Gasteiger partial charge on any atom is -0.492 e. The fourth-order valence-electron chi connectivity index (χ4n) is 1.25. The molecule has 0 amide bonds. The van der Waals surface area contributed by atoms with Crippen molar-refractivity contribution in [1.82, 2.24) is 0 Å². The fraction of sp³-hybridized carbons (Fsp3) is 0.417. The van der Waals surface area contributed by atoms with Gasteiger partial charge in [0.1, 0.15) is 12.4 Å². The van der Waals surface area contributed by atoms with E-state index >= 15 is 0 Å². The highest BCUT2D eigenvalue weighted by molar-refractivity contribution is 7.91. The van der Waals surface area contributed by atoms with Crippen LogP contribution < -0.4 is 4.74 Å². The molecule has 0 aromatic heterocycles. The van der Waals surface area contributed by atoms with Gasteiger partial charge < -0.3 is 9.47 Å². The molecule has 0 aliphatic carbocycles. The van der Waals surface area contributed by atoms with Crippen LogP contribution in [0.2, 0.25) is 0 Å². The van der Waals surface area contributed by atoms with Crippen LogP contribution in [-0.2, 0) is 14.6 Å². The van der Waals surface area contributed by atoms with Gasteiger partial charge in [-0.1, -0.05) is 6.07 Å². The van der Waals surface area contributed by atoms with Crippen molar-refractivity contribution in [2.45, 2.75) is 0 Å². The maximum atomic E-state index is 11.5. The van der Waals surface area contributed by atoms with Crippen LogP contribution >= 0.6 is 0 Å². The van der Waals surface area contributed by atoms with Crippen LogP contribution in [0.1, 0.15) is 5.56 Å². The lowest BCUT2D eigenvalue weighted by molar-refractivity contribution is 0.217. The first-order valence-corrected chi connectivity index (χ1v) is 7.22. The van der Waals surface area contributed by atoms with Gasteiger partial charge in [-0.3, -0.25) is 0 Å². The van der Waals surface area contributed by atoms with Crippen molar-refractivity contribution in [1.29, 1.82) is 5.26 Å². The SMILES string of the molecule is COCCS(=O)(=O)CCOc1cccc(C#N)c1. The van der Waals surface area contributed by atoms with Crippen molar-refractivity contribution in [2.24, 2.45) is 0 Å². The lowest BCUT2D eigenvalue weighted by Gasteiger charge is -2.07. The van der Waals surface area contributed by atoms with E-state index in [2.05, 4.69) is 0 Å². The average molecular weight is 269 g/mol. The molecule has 0 N–H and O–H groups in total. The predicted octanol–water partition coefficient (Wildman–Crippen LogP) is 0.998. The van der Waals surface area contributed by atoms with Crippen molar-refractivity contribution >= 4 is 9.84 Å². The Morgan fingerprint density at radius 3 is 2.67 bits per heavy atom. The Labute approximate surface area is 107 Å². The molecule has 0 saturated carbocycles. The summed E-state index contributed by atoms with van der Waals surface area (Å²) in [4.78, 5) is 0. The van der Waals surface area contributed by atoms with Crippen LogP contribution in [0.4, 0.5) is 0 Å². The number of nitriles is 1. The number of rotatable bonds is 7. The predicted molar refractivity (Wildman–Crippen MR) is 67.2 cm³/mol. The van der Waals surface area contributed by atoms with Crippen LogP contribution in [-0.4, -0.2) is 40.2 Å². The number of methoxy groups -OCH3 is 1. The number of hydrogen-bond acceptors (Lipinski definition) is 5. The monoisotopic (exact) mass is 269 g/mol. The lowest BCUT2D eigenvalue weighted by Crippen LogP contribution is -2.19. The molecule has 0 saturated heterocycles. The molecule has 18 heavy (non-hydrogen) atoms. The molecular weight excluding hydrogens is 254 g/mol. The van der Waals surface area contributed by atoms with Crippen molar-refractivity contribution in [2.75, 3.05) is 31.8 Å². The zero-order valence-electron chi connectivity index (χ0n) is 10.1. The van der Waals surface area contributed by atoms with Crippen LogP contribution in [0.15, 0.2) is 24.3 Å². The molecule has 1 aromatic carbocycles. The van der Waals surface area contributed by atoms with E-state index in [1.807, 2.05) is 6.07 Å². The number of sulfone groups is 1. The maximum Gasteiger partial charge on any atom is 0.155 e. The molecule has 0 radical (unpaired) electrons. The van der Waals surface area contributed by atoms with Gasteiger partial charge in [0.2, 0.25) is 0 Å². The van der Waals surface area contributed by atoms with Gasteiger partial charge in [0, 0.05) is 7.11 Å². The first-order chi connectivity index (χ1) is 8.57. The molecule has 0 aliphatic heterocycles. The molecule has 5 nitrogen and oxygen atoms in total. The summed E-state index contributed by atoms with van der Waals surface area (Å²) in [5.41, 5.74) is 0.481. The summed E-state index contributed by atoms with van der Waals surface area (Å²) in [5.74, 6) is 0.425. The molecule has 0 spiro atoms. The van der Waals surface area contributed by atoms with Crippen molar-refractivity contribution in [3.8, 4) is 11.8 Å². The largest absolute Gasteiger partial charge is 0.492 e. The van der Waals surface area contributed by atoms with Gasteiger partial charge in [0.05, 0.1) is 29.7 Å². The minimum absolute atomic E-state index is 0.00883. The smallest absolute Gasteiger partial charge is 0.155 e. The summed E-state index contributed by atoms with van der Waals surface area (Å²) >= 11 is 0. The van der Waals surface area contributed by atoms with Gasteiger partial charge in [-0.15, -0.1) is 0 Å². The number of ether oxygens (including phenoxy) is 2. The van der Waals surface area contributed by atoms with E-state index in [-0.39, 0.29) is 24.7 Å². The summed E-state index contributed by atoms with van der Waals surface area (Å²) in [7, 11) is -1.69. The summed E-state index contributed by atoms with van der Waals surface area (Å²) in [6.45, 7) is 0.257. The molecule has 0 fully saturated rings. The van der Waals surface area contributed by atoms with Crippen LogP contribution in [0.3, 0.4) is 0 Å². The lowest BCUT2D eigenvalue weighted by atomic mass is 10.2. The molecule has 6 heteroatoms. The van der Waals surface area contributed by atoms with E-state index in [1.165, 1.54) is 7.11 Å². The molecule has 0 heterocycles. The topological polar surface area (TPSA) is 76.4 Å². The second kappa shape index (κ2) is 6.99. The van der Waals surface area contributed by atoms with Gasteiger partial charge >= 0.3 is 0 Å². The van der Waals surface area contributed by atoms with E-state index in [0.717, 1.165) is 0 Å². The number of benzene rings is 1. The van der Waals surface area contributed by atoms with E-state index in [1.54, 1.807) is 24.3 Å². The Morgan fingerprint density at radius 2 is 2.00 bits per heavy atom. The highest BCUT2D eigenvalue weighted by Crippen LogP contribution is 2.12. The molecule has 1 aromatic rings. The van der Waals surface area contributed by atoms with Gasteiger partial charge in [0.15, 0.2) is 9.84 Å². The maximum absolute atomic E-state index is 11.5. The van der Waals surface area contributed by atoms with E-state index in [0.29, 0.717) is 11.3 Å². The Balaban J connectivity index is 2.44. The summed E-state index contributed by atoms with van der Waals surface area (Å²) in [5, 5.41) is 8.70. The Hall–Kier alpha value is -1.58.